The summed E-state index contributed by atoms with van der Waals surface area (Å²) in [6, 6.07) is 9.98. The number of fused-ring (bicyclic) bond motifs is 1. The third-order valence-corrected chi connectivity index (χ3v) is 6.68. The molecule has 1 aromatic carbocycles. The van der Waals surface area contributed by atoms with Crippen LogP contribution >= 0.6 is 0 Å². The number of rotatable bonds is 10. The summed E-state index contributed by atoms with van der Waals surface area (Å²) in [5, 5.41) is 8.81. The molecular formula is C27H36N4O3. The Labute approximate surface area is 201 Å². The lowest BCUT2D eigenvalue weighted by molar-refractivity contribution is -0.114. The number of nitrogens with zero attached hydrogens (tertiary/aromatic N) is 3. The molecule has 1 amide bonds. The molecule has 3 aromatic rings. The van der Waals surface area contributed by atoms with Crippen molar-refractivity contribution in [3.05, 3.63) is 42.7 Å². The van der Waals surface area contributed by atoms with E-state index in [0.717, 1.165) is 35.6 Å². The Morgan fingerprint density at radius 2 is 1.88 bits per heavy atom. The summed E-state index contributed by atoms with van der Waals surface area (Å²) in [6.45, 7) is 7.28. The van der Waals surface area contributed by atoms with Crippen molar-refractivity contribution in [2.45, 2.75) is 65.3 Å². The van der Waals surface area contributed by atoms with E-state index in [4.69, 9.17) is 14.6 Å². The van der Waals surface area contributed by atoms with Crippen molar-refractivity contribution in [2.24, 2.45) is 11.8 Å². The number of hydrogen-bond donors (Lipinski definition) is 1. The van der Waals surface area contributed by atoms with Gasteiger partial charge in [0.25, 0.3) is 0 Å². The third kappa shape index (κ3) is 6.27. The molecule has 0 bridgehead atoms. The van der Waals surface area contributed by atoms with Gasteiger partial charge in [0.05, 0.1) is 30.5 Å². The molecule has 1 aliphatic rings. The van der Waals surface area contributed by atoms with Gasteiger partial charge in [-0.05, 0) is 62.5 Å². The summed E-state index contributed by atoms with van der Waals surface area (Å²) in [6.07, 6.45) is 10.4. The van der Waals surface area contributed by atoms with E-state index in [0.29, 0.717) is 36.6 Å². The summed E-state index contributed by atoms with van der Waals surface area (Å²) < 4.78 is 13.8. The van der Waals surface area contributed by atoms with Gasteiger partial charge < -0.3 is 14.8 Å². The standard InChI is InChI=1S/C27H36N4O3/c1-19(2)21-9-11-23(12-10-21)31-18-22-16-25(29-20(3)32)26(17-24(22)30-31)33-14-6-7-15-34-27-8-4-5-13-28-27/h4-5,8,13,16-19,21,23H,6-7,9-12,14-15H2,1-3H3,(H,29,32). The molecular weight excluding hydrogens is 428 g/mol. The van der Waals surface area contributed by atoms with E-state index in [1.54, 1.807) is 6.20 Å². The van der Waals surface area contributed by atoms with E-state index in [2.05, 4.69) is 35.0 Å². The van der Waals surface area contributed by atoms with Crippen LogP contribution in [0.3, 0.4) is 0 Å². The van der Waals surface area contributed by atoms with Crippen LogP contribution in [-0.4, -0.2) is 33.9 Å². The van der Waals surface area contributed by atoms with Crippen LogP contribution in [0.5, 0.6) is 11.6 Å². The van der Waals surface area contributed by atoms with Crippen LogP contribution in [0.1, 0.15) is 65.3 Å². The first-order valence-corrected chi connectivity index (χ1v) is 12.5. The smallest absolute Gasteiger partial charge is 0.221 e. The molecule has 1 aliphatic carbocycles. The summed E-state index contributed by atoms with van der Waals surface area (Å²) in [5.74, 6) is 2.74. The number of nitrogens with one attached hydrogen (secondary N) is 1. The average molecular weight is 465 g/mol. The van der Waals surface area contributed by atoms with Crippen LogP contribution in [0, 0.1) is 11.8 Å². The normalized spacial score (nSPS) is 18.2. The zero-order valence-corrected chi connectivity index (χ0v) is 20.5. The lowest BCUT2D eigenvalue weighted by atomic mass is 9.80. The van der Waals surface area contributed by atoms with Gasteiger partial charge in [-0.1, -0.05) is 19.9 Å². The fourth-order valence-corrected chi connectivity index (χ4v) is 4.69. The second-order valence-electron chi connectivity index (χ2n) is 9.58. The molecule has 182 valence electrons. The summed E-state index contributed by atoms with van der Waals surface area (Å²) >= 11 is 0. The molecule has 0 unspecified atom stereocenters. The minimum absolute atomic E-state index is 0.118. The van der Waals surface area contributed by atoms with E-state index in [-0.39, 0.29) is 5.91 Å². The first-order chi connectivity index (χ1) is 16.5. The number of ether oxygens (including phenoxy) is 2. The molecule has 0 radical (unpaired) electrons. The number of anilines is 1. The van der Waals surface area contributed by atoms with Crippen LogP contribution in [0.15, 0.2) is 42.7 Å². The largest absolute Gasteiger partial charge is 0.491 e. The summed E-state index contributed by atoms with van der Waals surface area (Å²) in [5.41, 5.74) is 1.58. The molecule has 0 spiro atoms. The van der Waals surface area contributed by atoms with Gasteiger partial charge >= 0.3 is 0 Å². The van der Waals surface area contributed by atoms with Crippen LogP contribution in [0.4, 0.5) is 5.69 Å². The summed E-state index contributed by atoms with van der Waals surface area (Å²) in [4.78, 5) is 15.9. The van der Waals surface area contributed by atoms with Gasteiger partial charge in [-0.15, -0.1) is 0 Å². The van der Waals surface area contributed by atoms with Crippen molar-refractivity contribution < 1.29 is 14.3 Å². The molecule has 34 heavy (non-hydrogen) atoms. The number of benzene rings is 1. The van der Waals surface area contributed by atoms with Gasteiger partial charge in [0.2, 0.25) is 11.8 Å². The Morgan fingerprint density at radius 3 is 2.56 bits per heavy atom. The minimum Gasteiger partial charge on any atom is -0.491 e. The highest BCUT2D eigenvalue weighted by molar-refractivity contribution is 5.94. The molecule has 1 fully saturated rings. The van der Waals surface area contributed by atoms with Crippen LogP contribution in [0.2, 0.25) is 0 Å². The zero-order valence-electron chi connectivity index (χ0n) is 20.5. The van der Waals surface area contributed by atoms with Crippen molar-refractivity contribution in [3.63, 3.8) is 0 Å². The van der Waals surface area contributed by atoms with E-state index < -0.39 is 0 Å². The molecule has 4 rings (SSSR count). The molecule has 0 aliphatic heterocycles. The van der Waals surface area contributed by atoms with Gasteiger partial charge in [-0.2, -0.15) is 5.10 Å². The van der Waals surface area contributed by atoms with Crippen LogP contribution in [-0.2, 0) is 4.79 Å². The number of hydrogen-bond acceptors (Lipinski definition) is 5. The molecule has 0 saturated heterocycles. The van der Waals surface area contributed by atoms with Gasteiger partial charge in [-0.25, -0.2) is 4.98 Å². The zero-order chi connectivity index (χ0) is 23.9. The minimum atomic E-state index is -0.118. The lowest BCUT2D eigenvalue weighted by Gasteiger charge is -2.30. The van der Waals surface area contributed by atoms with Gasteiger partial charge in [0, 0.05) is 36.8 Å². The number of unbranched alkanes of at least 4 members (excludes halogenated alkanes) is 1. The number of aromatic nitrogens is 3. The predicted molar refractivity (Wildman–Crippen MR) is 134 cm³/mol. The quantitative estimate of drug-likeness (QED) is 0.372. The Bertz CT molecular complexity index is 1070. The molecule has 0 atom stereocenters. The fourth-order valence-electron chi connectivity index (χ4n) is 4.69. The maximum absolute atomic E-state index is 11.8. The van der Waals surface area contributed by atoms with Crippen LogP contribution in [0.25, 0.3) is 10.9 Å². The molecule has 1 N–H and O–H groups in total. The highest BCUT2D eigenvalue weighted by atomic mass is 16.5. The molecule has 7 nitrogen and oxygen atoms in total. The van der Waals surface area contributed by atoms with Gasteiger partial charge in [0.15, 0.2) is 0 Å². The van der Waals surface area contributed by atoms with Crippen LogP contribution < -0.4 is 14.8 Å². The van der Waals surface area contributed by atoms with Gasteiger partial charge in [-0.3, -0.25) is 9.48 Å². The van der Waals surface area contributed by atoms with Crippen molar-refractivity contribution in [2.75, 3.05) is 18.5 Å². The SMILES string of the molecule is CC(=O)Nc1cc2cn(C3CCC(C(C)C)CC3)nc2cc1OCCCCOc1ccccn1. The molecule has 1 saturated carbocycles. The fraction of sp³-hybridized carbons (Fsp3) is 0.519. The maximum Gasteiger partial charge on any atom is 0.221 e. The second-order valence-corrected chi connectivity index (χ2v) is 9.58. The van der Waals surface area contributed by atoms with Gasteiger partial charge in [0.1, 0.15) is 5.75 Å². The highest BCUT2D eigenvalue weighted by Gasteiger charge is 2.25. The highest BCUT2D eigenvalue weighted by Crippen LogP contribution is 2.37. The first-order valence-electron chi connectivity index (χ1n) is 12.5. The van der Waals surface area contributed by atoms with E-state index in [1.165, 1.54) is 32.6 Å². The van der Waals surface area contributed by atoms with Crippen molar-refractivity contribution in [1.29, 1.82) is 0 Å². The van der Waals surface area contributed by atoms with E-state index in [9.17, 15) is 4.79 Å². The maximum atomic E-state index is 11.8. The monoisotopic (exact) mass is 464 g/mol. The van der Waals surface area contributed by atoms with Crippen molar-refractivity contribution >= 4 is 22.5 Å². The van der Waals surface area contributed by atoms with Crippen molar-refractivity contribution in [3.8, 4) is 11.6 Å². The molecule has 2 aromatic heterocycles. The Morgan fingerprint density at radius 1 is 1.12 bits per heavy atom. The molecule has 2 heterocycles. The lowest BCUT2D eigenvalue weighted by Crippen LogP contribution is -2.21. The second kappa shape index (κ2) is 11.4. The first kappa shape index (κ1) is 24.0. The Kier molecular flexibility index (Phi) is 8.03. The summed E-state index contributed by atoms with van der Waals surface area (Å²) in [7, 11) is 0. The number of carbonyl (C=O) groups excluding carboxylic acids is 1. The third-order valence-electron chi connectivity index (χ3n) is 6.68. The number of amides is 1. The number of carbonyl (C=O) groups is 1. The van der Waals surface area contributed by atoms with E-state index >= 15 is 0 Å². The Hall–Kier alpha value is -3.09. The van der Waals surface area contributed by atoms with Crippen molar-refractivity contribution in [1.82, 2.24) is 14.8 Å². The predicted octanol–water partition coefficient (Wildman–Crippen LogP) is 6.02. The molecule has 7 heteroatoms. The average Bonchev–Trinajstić information content (AvgIpc) is 3.24. The number of pyridine rings is 1. The topological polar surface area (TPSA) is 78.3 Å². The Balaban J connectivity index is 1.37. The van der Waals surface area contributed by atoms with E-state index in [1.807, 2.05) is 30.3 Å².